The second-order valence-electron chi connectivity index (χ2n) is 5.29. The van der Waals surface area contributed by atoms with Crippen LogP contribution < -0.4 is 5.43 Å². The van der Waals surface area contributed by atoms with Gasteiger partial charge in [0.1, 0.15) is 0 Å². The lowest BCUT2D eigenvalue weighted by molar-refractivity contribution is 0.521. The van der Waals surface area contributed by atoms with Crippen LogP contribution in [-0.2, 0) is 10.0 Å². The van der Waals surface area contributed by atoms with Crippen molar-refractivity contribution in [1.29, 1.82) is 0 Å². The van der Waals surface area contributed by atoms with Gasteiger partial charge in [-0.1, -0.05) is 42.5 Å². The Morgan fingerprint density at radius 2 is 1.41 bits per heavy atom. The Morgan fingerprint density at radius 1 is 0.818 bits per heavy atom. The van der Waals surface area contributed by atoms with E-state index in [1.807, 2.05) is 24.3 Å². The Hall–Kier alpha value is -2.24. The largest absolute Gasteiger partial charge is 0.289 e. The van der Waals surface area contributed by atoms with Gasteiger partial charge in [-0.2, -0.15) is 0 Å². The molecule has 0 N–H and O–H groups in total. The average Bonchev–Trinajstić information content (AvgIpc) is 2.65. The van der Waals surface area contributed by atoms with Gasteiger partial charge in [-0.15, -0.1) is 0 Å². The van der Waals surface area contributed by atoms with E-state index < -0.39 is 10.0 Å². The van der Waals surface area contributed by atoms with Crippen LogP contribution in [0.15, 0.2) is 64.3 Å². The molecule has 0 atom stereocenters. The topological polar surface area (TPSA) is 54.5 Å². The van der Waals surface area contributed by atoms with Gasteiger partial charge in [-0.3, -0.25) is 4.79 Å². The quantitative estimate of drug-likeness (QED) is 0.731. The van der Waals surface area contributed by atoms with Gasteiger partial charge in [-0.25, -0.2) is 12.7 Å². The lowest BCUT2D eigenvalue weighted by atomic mass is 10.1. The molecule has 4 nitrogen and oxygen atoms in total. The van der Waals surface area contributed by atoms with E-state index >= 15 is 0 Å². The maximum Gasteiger partial charge on any atom is 0.242 e. The fourth-order valence-corrected chi connectivity index (χ4v) is 3.35. The maximum atomic E-state index is 12.7. The Morgan fingerprint density at radius 3 is 2.09 bits per heavy atom. The molecule has 0 spiro atoms. The summed E-state index contributed by atoms with van der Waals surface area (Å²) in [5, 5.41) is 2.54. The minimum absolute atomic E-state index is 0.123. The van der Waals surface area contributed by atoms with Gasteiger partial charge in [0.25, 0.3) is 0 Å². The van der Waals surface area contributed by atoms with Crippen LogP contribution in [0.5, 0.6) is 0 Å². The molecule has 3 aromatic rings. The highest BCUT2D eigenvalue weighted by atomic mass is 32.2. The van der Waals surface area contributed by atoms with E-state index in [2.05, 4.69) is 0 Å². The van der Waals surface area contributed by atoms with Crippen LogP contribution in [0.2, 0.25) is 0 Å². The molecule has 0 aliphatic rings. The molecular formula is C17H15NO3S. The van der Waals surface area contributed by atoms with Crippen LogP contribution in [0.4, 0.5) is 0 Å². The minimum Gasteiger partial charge on any atom is -0.289 e. The molecule has 0 fully saturated rings. The molecule has 112 valence electrons. The van der Waals surface area contributed by atoms with Crippen molar-refractivity contribution >= 4 is 31.6 Å². The van der Waals surface area contributed by atoms with Crippen molar-refractivity contribution in [2.24, 2.45) is 0 Å². The van der Waals surface area contributed by atoms with Gasteiger partial charge < -0.3 is 0 Å². The van der Waals surface area contributed by atoms with Crippen LogP contribution in [0.1, 0.15) is 0 Å². The number of hydrogen-bond acceptors (Lipinski definition) is 3. The SMILES string of the molecule is CN(C)S(=O)(=O)c1ccc2ccc3ccccc3c(=O)c2c1. The summed E-state index contributed by atoms with van der Waals surface area (Å²) in [5.74, 6) is 0. The number of rotatable bonds is 2. The van der Waals surface area contributed by atoms with Gasteiger partial charge in [0.2, 0.25) is 10.0 Å². The highest BCUT2D eigenvalue weighted by Crippen LogP contribution is 2.20. The monoisotopic (exact) mass is 313 g/mol. The smallest absolute Gasteiger partial charge is 0.242 e. The Labute approximate surface area is 128 Å². The van der Waals surface area contributed by atoms with Crippen LogP contribution in [0.25, 0.3) is 21.5 Å². The van der Waals surface area contributed by atoms with Crippen molar-refractivity contribution in [3.63, 3.8) is 0 Å². The molecule has 0 heterocycles. The standard InChI is InChI=1S/C17H15NO3S/c1-18(2)22(20,21)14-10-9-13-8-7-12-5-3-4-6-15(12)17(19)16(13)11-14/h3-11H,1-2H3. The summed E-state index contributed by atoms with van der Waals surface area (Å²) in [6.45, 7) is 0. The third-order valence-corrected chi connectivity index (χ3v) is 5.51. The number of sulfonamides is 1. The predicted octanol–water partition coefficient (Wildman–Crippen LogP) is 2.60. The third kappa shape index (κ3) is 2.28. The Balaban J connectivity index is 2.45. The molecule has 3 rings (SSSR count). The van der Waals surface area contributed by atoms with E-state index in [9.17, 15) is 13.2 Å². The fraction of sp³-hybridized carbons (Fsp3) is 0.118. The number of fused-ring (bicyclic) bond motifs is 2. The van der Waals surface area contributed by atoms with Crippen molar-refractivity contribution in [3.05, 3.63) is 64.8 Å². The van der Waals surface area contributed by atoms with Crippen molar-refractivity contribution in [2.75, 3.05) is 14.1 Å². The van der Waals surface area contributed by atoms with Crippen molar-refractivity contribution in [3.8, 4) is 0 Å². The first kappa shape index (κ1) is 14.7. The Bertz CT molecular complexity index is 1040. The van der Waals surface area contributed by atoms with Crippen molar-refractivity contribution < 1.29 is 8.42 Å². The van der Waals surface area contributed by atoms with Crippen molar-refractivity contribution in [2.45, 2.75) is 4.90 Å². The molecule has 0 saturated carbocycles. The van der Waals surface area contributed by atoms with E-state index in [-0.39, 0.29) is 10.3 Å². The van der Waals surface area contributed by atoms with Gasteiger partial charge in [0.15, 0.2) is 5.43 Å². The molecule has 0 bridgehead atoms. The van der Waals surface area contributed by atoms with Gasteiger partial charge in [0.05, 0.1) is 4.90 Å². The maximum absolute atomic E-state index is 12.7. The highest BCUT2D eigenvalue weighted by molar-refractivity contribution is 7.89. The van der Waals surface area contributed by atoms with Gasteiger partial charge >= 0.3 is 0 Å². The molecule has 0 aromatic heterocycles. The van der Waals surface area contributed by atoms with Crippen LogP contribution in [0.3, 0.4) is 0 Å². The lowest BCUT2D eigenvalue weighted by Gasteiger charge is -2.11. The molecule has 5 heteroatoms. The molecule has 0 radical (unpaired) electrons. The number of nitrogens with zero attached hydrogens (tertiary/aromatic N) is 1. The van der Waals surface area contributed by atoms with E-state index in [4.69, 9.17) is 0 Å². The molecule has 0 saturated heterocycles. The molecular weight excluding hydrogens is 298 g/mol. The Kier molecular flexibility index (Phi) is 3.47. The van der Waals surface area contributed by atoms with Crippen LogP contribution in [0, 0.1) is 0 Å². The molecule has 0 amide bonds. The molecule has 3 aromatic carbocycles. The molecule has 0 aliphatic heterocycles. The first-order valence-electron chi connectivity index (χ1n) is 6.79. The van der Waals surface area contributed by atoms with Gasteiger partial charge in [0, 0.05) is 24.9 Å². The highest BCUT2D eigenvalue weighted by Gasteiger charge is 2.17. The van der Waals surface area contributed by atoms with Crippen molar-refractivity contribution in [1.82, 2.24) is 4.31 Å². The van der Waals surface area contributed by atoms with Gasteiger partial charge in [-0.05, 0) is 22.9 Å². The molecule has 0 unspecified atom stereocenters. The number of hydrogen-bond donors (Lipinski definition) is 0. The summed E-state index contributed by atoms with van der Waals surface area (Å²) in [6, 6.07) is 15.7. The lowest BCUT2D eigenvalue weighted by Crippen LogP contribution is -2.22. The van der Waals surface area contributed by atoms with E-state index in [0.717, 1.165) is 15.1 Å². The fourth-order valence-electron chi connectivity index (χ4n) is 2.42. The third-order valence-electron chi connectivity index (χ3n) is 3.70. The predicted molar refractivity (Wildman–Crippen MR) is 88.6 cm³/mol. The van der Waals surface area contributed by atoms with E-state index in [0.29, 0.717) is 10.8 Å². The van der Waals surface area contributed by atoms with E-state index in [1.54, 1.807) is 18.2 Å². The first-order valence-corrected chi connectivity index (χ1v) is 8.23. The zero-order valence-electron chi connectivity index (χ0n) is 12.3. The molecule has 0 aliphatic carbocycles. The average molecular weight is 313 g/mol. The summed E-state index contributed by atoms with van der Waals surface area (Å²) >= 11 is 0. The van der Waals surface area contributed by atoms with Crippen LogP contribution in [-0.4, -0.2) is 26.8 Å². The first-order chi connectivity index (χ1) is 10.4. The summed E-state index contributed by atoms with van der Waals surface area (Å²) in [6.07, 6.45) is 0. The summed E-state index contributed by atoms with van der Waals surface area (Å²) in [4.78, 5) is 12.9. The number of benzene rings is 2. The van der Waals surface area contributed by atoms with E-state index in [1.165, 1.54) is 26.2 Å². The second-order valence-corrected chi connectivity index (χ2v) is 7.44. The summed E-state index contributed by atoms with van der Waals surface area (Å²) < 4.78 is 25.6. The second kappa shape index (κ2) is 5.19. The van der Waals surface area contributed by atoms with Crippen LogP contribution >= 0.6 is 0 Å². The summed E-state index contributed by atoms with van der Waals surface area (Å²) in [5.41, 5.74) is -0.161. The minimum atomic E-state index is -3.57. The zero-order valence-corrected chi connectivity index (χ0v) is 13.1. The molecule has 22 heavy (non-hydrogen) atoms. The zero-order chi connectivity index (χ0) is 15.9. The normalized spacial score (nSPS) is 12.1. The summed E-state index contributed by atoms with van der Waals surface area (Å²) in [7, 11) is -0.626.